The average molecular weight is 370 g/mol. The average Bonchev–Trinajstić information content (AvgIpc) is 3.30. The van der Waals surface area contributed by atoms with Gasteiger partial charge in [-0.15, -0.1) is 0 Å². The molecule has 0 radical (unpaired) electrons. The summed E-state index contributed by atoms with van der Waals surface area (Å²) in [6.07, 6.45) is 2.91. The van der Waals surface area contributed by atoms with E-state index < -0.39 is 0 Å². The molecule has 6 nitrogen and oxygen atoms in total. The van der Waals surface area contributed by atoms with E-state index in [0.29, 0.717) is 24.4 Å². The third kappa shape index (κ3) is 3.73. The number of nitrogens with zero attached hydrogens (tertiary/aromatic N) is 4. The van der Waals surface area contributed by atoms with Crippen LogP contribution in [0, 0.1) is 0 Å². The molecule has 2 aromatic rings. The van der Waals surface area contributed by atoms with Gasteiger partial charge in [-0.2, -0.15) is 0 Å². The molecule has 27 heavy (non-hydrogen) atoms. The molecule has 1 amide bonds. The molecule has 2 saturated heterocycles. The molecular weight excluding hydrogens is 338 g/mol. The number of hydrogen-bond donors (Lipinski definition) is 1. The van der Waals surface area contributed by atoms with Gasteiger partial charge < -0.3 is 14.8 Å². The Labute approximate surface area is 161 Å². The molecule has 3 heterocycles. The maximum atomic E-state index is 12.6. The first-order valence-electron chi connectivity index (χ1n) is 10.3. The molecule has 0 spiro atoms. The SMILES string of the molecule is CC(C)n1c(C2CCCN2CCC(=O)N2CCNCC2)nc2ccccc21. The summed E-state index contributed by atoms with van der Waals surface area (Å²) in [6.45, 7) is 9.84. The minimum absolute atomic E-state index is 0.291. The molecule has 0 bridgehead atoms. The van der Waals surface area contributed by atoms with Crippen molar-refractivity contribution in [1.29, 1.82) is 0 Å². The van der Waals surface area contributed by atoms with Crippen molar-refractivity contribution in [3.8, 4) is 0 Å². The lowest BCUT2D eigenvalue weighted by atomic mass is 10.2. The van der Waals surface area contributed by atoms with Crippen LogP contribution in [0.5, 0.6) is 0 Å². The Hall–Kier alpha value is -1.92. The Morgan fingerprint density at radius 1 is 1.22 bits per heavy atom. The van der Waals surface area contributed by atoms with Crippen LogP contribution in [0.3, 0.4) is 0 Å². The monoisotopic (exact) mass is 369 g/mol. The smallest absolute Gasteiger partial charge is 0.223 e. The van der Waals surface area contributed by atoms with Gasteiger partial charge in [0.2, 0.25) is 5.91 Å². The number of likely N-dealkylation sites (tertiary alicyclic amines) is 1. The number of fused-ring (bicyclic) bond motifs is 1. The first-order valence-corrected chi connectivity index (χ1v) is 10.3. The number of para-hydroxylation sites is 2. The molecule has 4 rings (SSSR count). The predicted octanol–water partition coefficient (Wildman–Crippen LogP) is 2.58. The second-order valence-corrected chi connectivity index (χ2v) is 8.00. The van der Waals surface area contributed by atoms with Crippen molar-refractivity contribution in [1.82, 2.24) is 24.7 Å². The fourth-order valence-electron chi connectivity index (χ4n) is 4.54. The van der Waals surface area contributed by atoms with Crippen molar-refractivity contribution >= 4 is 16.9 Å². The maximum Gasteiger partial charge on any atom is 0.223 e. The van der Waals surface area contributed by atoms with E-state index in [1.165, 1.54) is 17.8 Å². The van der Waals surface area contributed by atoms with Crippen molar-refractivity contribution in [3.05, 3.63) is 30.1 Å². The number of amides is 1. The first kappa shape index (κ1) is 18.4. The van der Waals surface area contributed by atoms with E-state index >= 15 is 0 Å². The third-order valence-corrected chi connectivity index (χ3v) is 5.88. The predicted molar refractivity (Wildman–Crippen MR) is 108 cm³/mol. The molecule has 146 valence electrons. The highest BCUT2D eigenvalue weighted by molar-refractivity contribution is 5.77. The lowest BCUT2D eigenvalue weighted by Gasteiger charge is -2.29. The van der Waals surface area contributed by atoms with Crippen molar-refractivity contribution in [3.63, 3.8) is 0 Å². The van der Waals surface area contributed by atoms with Gasteiger partial charge in [0.1, 0.15) is 5.82 Å². The Morgan fingerprint density at radius 3 is 2.78 bits per heavy atom. The van der Waals surface area contributed by atoms with Gasteiger partial charge >= 0.3 is 0 Å². The zero-order valence-electron chi connectivity index (χ0n) is 16.5. The molecule has 2 fully saturated rings. The van der Waals surface area contributed by atoms with Crippen molar-refractivity contribution in [2.75, 3.05) is 39.3 Å². The maximum absolute atomic E-state index is 12.6. The first-order chi connectivity index (χ1) is 13.1. The molecule has 2 aliphatic heterocycles. The number of carbonyl (C=O) groups is 1. The van der Waals surface area contributed by atoms with Crippen molar-refractivity contribution < 1.29 is 4.79 Å². The fourth-order valence-corrected chi connectivity index (χ4v) is 4.54. The molecule has 1 aromatic carbocycles. The minimum Gasteiger partial charge on any atom is -0.340 e. The van der Waals surface area contributed by atoms with Gasteiger partial charge in [-0.1, -0.05) is 12.1 Å². The largest absolute Gasteiger partial charge is 0.340 e. The molecule has 2 aliphatic rings. The van der Waals surface area contributed by atoms with Gasteiger partial charge in [0.05, 0.1) is 17.1 Å². The van der Waals surface area contributed by atoms with Crippen LogP contribution in [0.15, 0.2) is 24.3 Å². The molecule has 1 unspecified atom stereocenters. The molecule has 0 aliphatic carbocycles. The van der Waals surface area contributed by atoms with Crippen LogP contribution in [-0.4, -0.2) is 64.5 Å². The zero-order valence-corrected chi connectivity index (χ0v) is 16.5. The van der Waals surface area contributed by atoms with Gasteiger partial charge in [-0.3, -0.25) is 9.69 Å². The molecular formula is C21H31N5O. The van der Waals surface area contributed by atoms with Gasteiger partial charge in [0.15, 0.2) is 0 Å². The van der Waals surface area contributed by atoms with E-state index in [0.717, 1.165) is 51.2 Å². The van der Waals surface area contributed by atoms with E-state index in [1.54, 1.807) is 0 Å². The second kappa shape index (κ2) is 7.98. The summed E-state index contributed by atoms with van der Waals surface area (Å²) < 4.78 is 2.39. The number of piperazine rings is 1. The van der Waals surface area contributed by atoms with Crippen LogP contribution < -0.4 is 5.32 Å². The highest BCUT2D eigenvalue weighted by Crippen LogP contribution is 2.35. The van der Waals surface area contributed by atoms with Crippen molar-refractivity contribution in [2.24, 2.45) is 0 Å². The van der Waals surface area contributed by atoms with E-state index in [-0.39, 0.29) is 0 Å². The summed E-state index contributed by atoms with van der Waals surface area (Å²) in [7, 11) is 0. The van der Waals surface area contributed by atoms with Crippen LogP contribution in [-0.2, 0) is 4.79 Å². The summed E-state index contributed by atoms with van der Waals surface area (Å²) in [5, 5.41) is 3.31. The van der Waals surface area contributed by atoms with Gasteiger partial charge in [0.25, 0.3) is 0 Å². The Balaban J connectivity index is 1.50. The summed E-state index contributed by atoms with van der Waals surface area (Å²) in [5.41, 5.74) is 2.29. The van der Waals surface area contributed by atoms with Gasteiger partial charge in [-0.25, -0.2) is 4.98 Å². The summed E-state index contributed by atoms with van der Waals surface area (Å²) in [6, 6.07) is 9.10. The lowest BCUT2D eigenvalue weighted by Crippen LogP contribution is -2.47. The Kier molecular flexibility index (Phi) is 5.45. The van der Waals surface area contributed by atoms with Crippen LogP contribution in [0.2, 0.25) is 0 Å². The number of carbonyl (C=O) groups excluding carboxylic acids is 1. The highest BCUT2D eigenvalue weighted by atomic mass is 16.2. The normalized spacial score (nSPS) is 21.4. The van der Waals surface area contributed by atoms with E-state index in [1.807, 2.05) is 4.90 Å². The second-order valence-electron chi connectivity index (χ2n) is 8.00. The van der Waals surface area contributed by atoms with E-state index in [4.69, 9.17) is 4.98 Å². The Morgan fingerprint density at radius 2 is 2.00 bits per heavy atom. The number of rotatable bonds is 5. The summed E-state index contributed by atoms with van der Waals surface area (Å²) >= 11 is 0. The molecule has 1 aromatic heterocycles. The number of benzene rings is 1. The van der Waals surface area contributed by atoms with Gasteiger partial charge in [0, 0.05) is 45.2 Å². The van der Waals surface area contributed by atoms with E-state index in [2.05, 4.69) is 52.9 Å². The topological polar surface area (TPSA) is 53.4 Å². The quantitative estimate of drug-likeness (QED) is 0.880. The molecule has 6 heteroatoms. The van der Waals surface area contributed by atoms with Crippen LogP contribution >= 0.6 is 0 Å². The molecule has 1 N–H and O–H groups in total. The number of nitrogens with one attached hydrogen (secondary N) is 1. The fraction of sp³-hybridized carbons (Fsp3) is 0.619. The molecule has 1 atom stereocenters. The van der Waals surface area contributed by atoms with Crippen LogP contribution in [0.25, 0.3) is 11.0 Å². The third-order valence-electron chi connectivity index (χ3n) is 5.88. The number of aromatic nitrogens is 2. The highest BCUT2D eigenvalue weighted by Gasteiger charge is 2.31. The molecule has 0 saturated carbocycles. The van der Waals surface area contributed by atoms with Gasteiger partial charge in [-0.05, 0) is 45.4 Å². The summed E-state index contributed by atoms with van der Waals surface area (Å²) in [4.78, 5) is 22.0. The van der Waals surface area contributed by atoms with Crippen molar-refractivity contribution in [2.45, 2.75) is 45.2 Å². The lowest BCUT2D eigenvalue weighted by molar-refractivity contribution is -0.132. The van der Waals surface area contributed by atoms with Crippen LogP contribution in [0.1, 0.15) is 51.0 Å². The standard InChI is InChI=1S/C21H31N5O/c1-16(2)26-18-7-4-3-6-17(18)23-21(26)19-8-5-12-24(19)13-9-20(27)25-14-10-22-11-15-25/h3-4,6-7,16,19,22H,5,8-15H2,1-2H3. The Bertz CT molecular complexity index is 793. The van der Waals surface area contributed by atoms with E-state index in [9.17, 15) is 4.79 Å². The van der Waals surface area contributed by atoms with Crippen LogP contribution in [0.4, 0.5) is 0 Å². The zero-order chi connectivity index (χ0) is 18.8. The number of imidazole rings is 1. The summed E-state index contributed by atoms with van der Waals surface area (Å²) in [5.74, 6) is 1.46. The number of hydrogen-bond acceptors (Lipinski definition) is 4. The minimum atomic E-state index is 0.291.